The molecule has 0 amide bonds. The first kappa shape index (κ1) is 24.1. The molecule has 0 aliphatic rings. The quantitative estimate of drug-likeness (QED) is 0.342. The van der Waals surface area contributed by atoms with E-state index in [4.69, 9.17) is 4.74 Å². The van der Waals surface area contributed by atoms with Crippen LogP contribution in [0.3, 0.4) is 0 Å². The van der Waals surface area contributed by atoms with Gasteiger partial charge in [0.15, 0.2) is 17.5 Å². The number of hydrogen-bond acceptors (Lipinski definition) is 3. The SMILES string of the molecule is CCNC(=NCC(O)c1ccc(F)cc1)N(C)Cc1ccc(OC)c(F)c1.I. The lowest BCUT2D eigenvalue weighted by Gasteiger charge is -2.23. The molecule has 0 aromatic heterocycles. The Morgan fingerprint density at radius 3 is 2.46 bits per heavy atom. The van der Waals surface area contributed by atoms with Crippen molar-refractivity contribution in [2.75, 3.05) is 27.2 Å². The zero-order chi connectivity index (χ0) is 19.8. The fraction of sp³-hybridized carbons (Fsp3) is 0.350. The Labute approximate surface area is 181 Å². The van der Waals surface area contributed by atoms with Gasteiger partial charge in [-0.1, -0.05) is 18.2 Å². The minimum absolute atomic E-state index is 0. The van der Waals surface area contributed by atoms with Crippen molar-refractivity contribution in [3.63, 3.8) is 0 Å². The van der Waals surface area contributed by atoms with Crippen LogP contribution in [0.15, 0.2) is 47.5 Å². The summed E-state index contributed by atoms with van der Waals surface area (Å²) in [5.74, 6) is 0.00519. The van der Waals surface area contributed by atoms with E-state index in [-0.39, 0.29) is 42.1 Å². The molecule has 0 saturated carbocycles. The molecule has 0 heterocycles. The minimum atomic E-state index is -0.842. The van der Waals surface area contributed by atoms with Crippen LogP contribution in [0.4, 0.5) is 8.78 Å². The average Bonchev–Trinajstić information content (AvgIpc) is 2.65. The van der Waals surface area contributed by atoms with E-state index in [1.165, 1.54) is 37.4 Å². The number of ether oxygens (including phenoxy) is 1. The summed E-state index contributed by atoms with van der Waals surface area (Å²) in [6.45, 7) is 3.13. The molecule has 0 aliphatic heterocycles. The molecule has 0 radical (unpaired) electrons. The van der Waals surface area contributed by atoms with Gasteiger partial charge in [0.25, 0.3) is 0 Å². The van der Waals surface area contributed by atoms with Crippen molar-refractivity contribution in [1.29, 1.82) is 0 Å². The molecule has 2 N–H and O–H groups in total. The maximum Gasteiger partial charge on any atom is 0.194 e. The number of halogens is 3. The first-order valence-electron chi connectivity index (χ1n) is 8.70. The lowest BCUT2D eigenvalue weighted by atomic mass is 10.1. The van der Waals surface area contributed by atoms with Crippen molar-refractivity contribution >= 4 is 29.9 Å². The molecule has 0 bridgehead atoms. The van der Waals surface area contributed by atoms with Crippen LogP contribution in [0, 0.1) is 11.6 Å². The molecule has 8 heteroatoms. The summed E-state index contributed by atoms with van der Waals surface area (Å²) in [4.78, 5) is 6.27. The van der Waals surface area contributed by atoms with Crippen LogP contribution in [0.5, 0.6) is 5.75 Å². The second-order valence-corrected chi connectivity index (χ2v) is 6.09. The van der Waals surface area contributed by atoms with E-state index in [0.29, 0.717) is 24.6 Å². The van der Waals surface area contributed by atoms with Crippen molar-refractivity contribution in [3.8, 4) is 5.75 Å². The Hall–Kier alpha value is -1.94. The van der Waals surface area contributed by atoms with Gasteiger partial charge in [-0.05, 0) is 42.3 Å². The van der Waals surface area contributed by atoms with Crippen molar-refractivity contribution in [1.82, 2.24) is 10.2 Å². The standard InChI is InChI=1S/C20H25F2N3O2.HI/c1-4-23-20(24-12-18(26)15-6-8-16(21)9-7-15)25(2)13-14-5-10-19(27-3)17(22)11-14;/h5-11,18,26H,4,12-13H2,1-3H3,(H,23,24);1H. The first-order chi connectivity index (χ1) is 12.9. The summed E-state index contributed by atoms with van der Waals surface area (Å²) < 4.78 is 31.8. The third-order valence-electron chi connectivity index (χ3n) is 4.00. The van der Waals surface area contributed by atoms with E-state index in [1.807, 2.05) is 18.9 Å². The van der Waals surface area contributed by atoms with Crippen LogP contribution in [-0.2, 0) is 6.54 Å². The summed E-state index contributed by atoms with van der Waals surface area (Å²) in [7, 11) is 3.25. The summed E-state index contributed by atoms with van der Waals surface area (Å²) in [6, 6.07) is 10.5. The summed E-state index contributed by atoms with van der Waals surface area (Å²) >= 11 is 0. The third kappa shape index (κ3) is 6.90. The fourth-order valence-electron chi connectivity index (χ4n) is 2.59. The number of rotatable bonds is 7. The second-order valence-electron chi connectivity index (χ2n) is 6.09. The molecule has 154 valence electrons. The van der Waals surface area contributed by atoms with Gasteiger partial charge in [-0.3, -0.25) is 4.99 Å². The largest absolute Gasteiger partial charge is 0.494 e. The molecule has 2 aromatic rings. The van der Waals surface area contributed by atoms with Gasteiger partial charge in [-0.2, -0.15) is 0 Å². The Bertz CT molecular complexity index is 773. The van der Waals surface area contributed by atoms with Crippen molar-refractivity contribution in [3.05, 3.63) is 65.2 Å². The molecule has 2 aromatic carbocycles. The molecule has 1 atom stereocenters. The number of methoxy groups -OCH3 is 1. The molecular weight excluding hydrogens is 479 g/mol. The number of benzene rings is 2. The van der Waals surface area contributed by atoms with Crippen LogP contribution in [0.25, 0.3) is 0 Å². The molecule has 1 unspecified atom stereocenters. The summed E-state index contributed by atoms with van der Waals surface area (Å²) in [5.41, 5.74) is 1.36. The van der Waals surface area contributed by atoms with E-state index >= 15 is 0 Å². The van der Waals surface area contributed by atoms with Gasteiger partial charge in [-0.15, -0.1) is 24.0 Å². The lowest BCUT2D eigenvalue weighted by Crippen LogP contribution is -2.38. The van der Waals surface area contributed by atoms with Crippen molar-refractivity contribution < 1.29 is 18.6 Å². The molecule has 2 rings (SSSR count). The highest BCUT2D eigenvalue weighted by Gasteiger charge is 2.12. The molecule has 0 aliphatic carbocycles. The predicted octanol–water partition coefficient (Wildman–Crippen LogP) is 3.72. The van der Waals surface area contributed by atoms with E-state index < -0.39 is 11.9 Å². The van der Waals surface area contributed by atoms with Crippen LogP contribution in [0.1, 0.15) is 24.2 Å². The number of aliphatic hydroxyl groups is 1. The lowest BCUT2D eigenvalue weighted by molar-refractivity contribution is 0.186. The molecule has 5 nitrogen and oxygen atoms in total. The summed E-state index contributed by atoms with van der Waals surface area (Å²) in [6.07, 6.45) is -0.842. The zero-order valence-corrected chi connectivity index (χ0v) is 18.5. The van der Waals surface area contributed by atoms with E-state index in [1.54, 1.807) is 12.1 Å². The van der Waals surface area contributed by atoms with Gasteiger partial charge in [0.1, 0.15) is 5.82 Å². The number of hydrogen-bond donors (Lipinski definition) is 2. The average molecular weight is 505 g/mol. The molecule has 0 saturated heterocycles. The van der Waals surface area contributed by atoms with Gasteiger partial charge in [0.2, 0.25) is 0 Å². The highest BCUT2D eigenvalue weighted by Crippen LogP contribution is 2.19. The summed E-state index contributed by atoms with van der Waals surface area (Å²) in [5, 5.41) is 13.4. The van der Waals surface area contributed by atoms with Crippen LogP contribution < -0.4 is 10.1 Å². The topological polar surface area (TPSA) is 57.1 Å². The zero-order valence-electron chi connectivity index (χ0n) is 16.2. The van der Waals surface area contributed by atoms with Crippen LogP contribution in [-0.4, -0.2) is 43.2 Å². The van der Waals surface area contributed by atoms with Crippen LogP contribution >= 0.6 is 24.0 Å². The fourth-order valence-corrected chi connectivity index (χ4v) is 2.59. The third-order valence-corrected chi connectivity index (χ3v) is 4.00. The van der Waals surface area contributed by atoms with E-state index in [0.717, 1.165) is 5.56 Å². The Morgan fingerprint density at radius 2 is 1.89 bits per heavy atom. The first-order valence-corrected chi connectivity index (χ1v) is 8.70. The maximum absolute atomic E-state index is 13.9. The van der Waals surface area contributed by atoms with Crippen LogP contribution in [0.2, 0.25) is 0 Å². The molecule has 0 spiro atoms. The number of guanidine groups is 1. The monoisotopic (exact) mass is 505 g/mol. The van der Waals surface area contributed by atoms with Crippen molar-refractivity contribution in [2.45, 2.75) is 19.6 Å². The Morgan fingerprint density at radius 1 is 1.21 bits per heavy atom. The van der Waals surface area contributed by atoms with Gasteiger partial charge in [0, 0.05) is 20.1 Å². The van der Waals surface area contributed by atoms with E-state index in [9.17, 15) is 13.9 Å². The maximum atomic E-state index is 13.9. The van der Waals surface area contributed by atoms with Gasteiger partial charge >= 0.3 is 0 Å². The normalized spacial score (nSPS) is 12.1. The molecular formula is C20H26F2IN3O2. The highest BCUT2D eigenvalue weighted by atomic mass is 127. The van der Waals surface area contributed by atoms with Crippen molar-refractivity contribution in [2.24, 2.45) is 4.99 Å². The smallest absolute Gasteiger partial charge is 0.194 e. The molecule has 0 fully saturated rings. The number of aliphatic imine (C=N–C) groups is 1. The Balaban J connectivity index is 0.00000392. The van der Waals surface area contributed by atoms with E-state index in [2.05, 4.69) is 10.3 Å². The van der Waals surface area contributed by atoms with Gasteiger partial charge in [-0.25, -0.2) is 8.78 Å². The molecule has 28 heavy (non-hydrogen) atoms. The van der Waals surface area contributed by atoms with Gasteiger partial charge in [0.05, 0.1) is 19.8 Å². The number of nitrogens with one attached hydrogen (secondary N) is 1. The second kappa shape index (κ2) is 11.8. The highest BCUT2D eigenvalue weighted by molar-refractivity contribution is 14.0. The number of nitrogens with zero attached hydrogens (tertiary/aromatic N) is 2. The minimum Gasteiger partial charge on any atom is -0.494 e. The van der Waals surface area contributed by atoms with Gasteiger partial charge < -0.3 is 20.1 Å². The number of aliphatic hydroxyl groups excluding tert-OH is 1. The Kier molecular flexibility index (Phi) is 10.2. The predicted molar refractivity (Wildman–Crippen MR) is 117 cm³/mol.